The summed E-state index contributed by atoms with van der Waals surface area (Å²) in [5.74, 6) is 0.731. The summed E-state index contributed by atoms with van der Waals surface area (Å²) in [6, 6.07) is 5.04. The summed E-state index contributed by atoms with van der Waals surface area (Å²) in [5.41, 5.74) is 6.86. The number of nitrogen functional groups attached to an aromatic ring is 1. The highest BCUT2D eigenvalue weighted by Gasteiger charge is 2.27. The summed E-state index contributed by atoms with van der Waals surface area (Å²) in [4.78, 5) is 14.3. The molecule has 18 heavy (non-hydrogen) atoms. The zero-order valence-corrected chi connectivity index (χ0v) is 11.4. The largest absolute Gasteiger partial charge is 0.399 e. The van der Waals surface area contributed by atoms with E-state index in [1.165, 1.54) is 12.8 Å². The Labute approximate surface area is 113 Å². The van der Waals surface area contributed by atoms with Crippen LogP contribution in [0.3, 0.4) is 0 Å². The maximum atomic E-state index is 12.4. The normalized spacial score (nSPS) is 14.6. The fourth-order valence-electron chi connectivity index (χ4n) is 2.08. The Bertz CT molecular complexity index is 423. The van der Waals surface area contributed by atoms with Crippen molar-refractivity contribution in [3.63, 3.8) is 0 Å². The van der Waals surface area contributed by atoms with E-state index in [1.807, 2.05) is 4.90 Å². The van der Waals surface area contributed by atoms with Gasteiger partial charge in [-0.2, -0.15) is 0 Å². The summed E-state index contributed by atoms with van der Waals surface area (Å²) in [6.45, 7) is 3.74. The van der Waals surface area contributed by atoms with Gasteiger partial charge in [-0.3, -0.25) is 4.79 Å². The molecule has 1 aliphatic rings. The van der Waals surface area contributed by atoms with E-state index in [-0.39, 0.29) is 5.91 Å². The second-order valence-electron chi connectivity index (χ2n) is 4.97. The Hall–Kier alpha value is -1.22. The zero-order valence-electron chi connectivity index (χ0n) is 10.7. The number of hydrogen-bond donors (Lipinski definition) is 1. The maximum absolute atomic E-state index is 12.4. The molecule has 1 amide bonds. The van der Waals surface area contributed by atoms with Crippen LogP contribution < -0.4 is 5.73 Å². The highest BCUT2D eigenvalue weighted by atomic mass is 35.5. The molecule has 98 valence electrons. The number of benzene rings is 1. The first kappa shape index (κ1) is 13.2. The molecule has 0 atom stereocenters. The third-order valence-corrected chi connectivity index (χ3v) is 3.34. The summed E-state index contributed by atoms with van der Waals surface area (Å²) in [6.07, 6.45) is 3.45. The van der Waals surface area contributed by atoms with E-state index in [0.717, 1.165) is 19.5 Å². The first-order valence-corrected chi connectivity index (χ1v) is 6.83. The Morgan fingerprint density at radius 3 is 2.72 bits per heavy atom. The molecule has 0 unspecified atom stereocenters. The third kappa shape index (κ3) is 3.39. The topological polar surface area (TPSA) is 46.3 Å². The zero-order chi connectivity index (χ0) is 13.1. The molecule has 0 spiro atoms. The first-order chi connectivity index (χ1) is 8.60. The van der Waals surface area contributed by atoms with Gasteiger partial charge >= 0.3 is 0 Å². The number of amides is 1. The standard InChI is InChI=1S/C14H19ClN2O/c1-2-5-17(9-10-3-4-10)14(18)11-6-12(15)8-13(16)7-11/h6-8,10H,2-5,9,16H2,1H3. The summed E-state index contributed by atoms with van der Waals surface area (Å²) >= 11 is 5.94. The van der Waals surface area contributed by atoms with Crippen LogP contribution in [0.15, 0.2) is 18.2 Å². The number of nitrogens with zero attached hydrogens (tertiary/aromatic N) is 1. The van der Waals surface area contributed by atoms with Crippen molar-refractivity contribution in [2.75, 3.05) is 18.8 Å². The highest BCUT2D eigenvalue weighted by Crippen LogP contribution is 2.30. The lowest BCUT2D eigenvalue weighted by Gasteiger charge is -2.22. The van der Waals surface area contributed by atoms with Crippen LogP contribution >= 0.6 is 11.6 Å². The third-order valence-electron chi connectivity index (χ3n) is 3.12. The molecule has 1 aromatic carbocycles. The smallest absolute Gasteiger partial charge is 0.253 e. The Balaban J connectivity index is 2.14. The summed E-state index contributed by atoms with van der Waals surface area (Å²) < 4.78 is 0. The molecule has 4 heteroatoms. The van der Waals surface area contributed by atoms with Crippen molar-refractivity contribution in [3.05, 3.63) is 28.8 Å². The van der Waals surface area contributed by atoms with Crippen LogP contribution in [0.1, 0.15) is 36.5 Å². The lowest BCUT2D eigenvalue weighted by atomic mass is 10.1. The van der Waals surface area contributed by atoms with Crippen molar-refractivity contribution in [1.82, 2.24) is 4.90 Å². The van der Waals surface area contributed by atoms with Crippen molar-refractivity contribution in [2.45, 2.75) is 26.2 Å². The number of hydrogen-bond acceptors (Lipinski definition) is 2. The van der Waals surface area contributed by atoms with Crippen molar-refractivity contribution in [3.8, 4) is 0 Å². The Kier molecular flexibility index (Phi) is 4.12. The van der Waals surface area contributed by atoms with Gasteiger partial charge in [0.15, 0.2) is 0 Å². The average Bonchev–Trinajstić information content (AvgIpc) is 3.10. The molecule has 0 saturated heterocycles. The maximum Gasteiger partial charge on any atom is 0.253 e. The van der Waals surface area contributed by atoms with Crippen molar-refractivity contribution in [1.29, 1.82) is 0 Å². The number of rotatable bonds is 5. The lowest BCUT2D eigenvalue weighted by Crippen LogP contribution is -2.33. The molecule has 0 aromatic heterocycles. The predicted octanol–water partition coefficient (Wildman–Crippen LogP) is 3.18. The fourth-order valence-corrected chi connectivity index (χ4v) is 2.32. The van der Waals surface area contributed by atoms with Crippen molar-refractivity contribution < 1.29 is 4.79 Å². The number of halogens is 1. The monoisotopic (exact) mass is 266 g/mol. The van der Waals surface area contributed by atoms with Gasteiger partial charge in [0.05, 0.1) is 0 Å². The fraction of sp³-hybridized carbons (Fsp3) is 0.500. The summed E-state index contributed by atoms with van der Waals surface area (Å²) in [7, 11) is 0. The molecule has 1 fully saturated rings. The number of carbonyl (C=O) groups is 1. The molecule has 1 aromatic rings. The minimum absolute atomic E-state index is 0.0398. The van der Waals surface area contributed by atoms with Crippen LogP contribution in [-0.4, -0.2) is 23.9 Å². The molecule has 1 aliphatic carbocycles. The van der Waals surface area contributed by atoms with Crippen LogP contribution in [0.2, 0.25) is 5.02 Å². The predicted molar refractivity (Wildman–Crippen MR) is 74.8 cm³/mol. The Morgan fingerprint density at radius 1 is 1.44 bits per heavy atom. The van der Waals surface area contributed by atoms with Crippen LogP contribution in [0.4, 0.5) is 5.69 Å². The molecule has 2 rings (SSSR count). The number of nitrogens with two attached hydrogens (primary N) is 1. The SMILES string of the molecule is CCCN(CC1CC1)C(=O)c1cc(N)cc(Cl)c1. The Morgan fingerprint density at radius 2 is 2.17 bits per heavy atom. The van der Waals surface area contributed by atoms with E-state index in [4.69, 9.17) is 17.3 Å². The highest BCUT2D eigenvalue weighted by molar-refractivity contribution is 6.31. The molecular weight excluding hydrogens is 248 g/mol. The molecule has 0 radical (unpaired) electrons. The van der Waals surface area contributed by atoms with Gasteiger partial charge in [0.1, 0.15) is 0 Å². The quantitative estimate of drug-likeness (QED) is 0.832. The van der Waals surface area contributed by atoms with Crippen LogP contribution in [0, 0.1) is 5.92 Å². The lowest BCUT2D eigenvalue weighted by molar-refractivity contribution is 0.0748. The first-order valence-electron chi connectivity index (χ1n) is 6.45. The van der Waals surface area contributed by atoms with E-state index < -0.39 is 0 Å². The molecule has 3 nitrogen and oxygen atoms in total. The second-order valence-corrected chi connectivity index (χ2v) is 5.40. The van der Waals surface area contributed by atoms with Gasteiger partial charge in [0.25, 0.3) is 5.91 Å². The van der Waals surface area contributed by atoms with Gasteiger partial charge in [-0.1, -0.05) is 18.5 Å². The van der Waals surface area contributed by atoms with Crippen LogP contribution in [0.5, 0.6) is 0 Å². The molecular formula is C14H19ClN2O. The molecule has 0 bridgehead atoms. The van der Waals surface area contributed by atoms with E-state index in [1.54, 1.807) is 18.2 Å². The van der Waals surface area contributed by atoms with Gasteiger partial charge < -0.3 is 10.6 Å². The summed E-state index contributed by atoms with van der Waals surface area (Å²) in [5, 5.41) is 0.515. The van der Waals surface area contributed by atoms with Gasteiger partial charge in [-0.05, 0) is 43.4 Å². The van der Waals surface area contributed by atoms with Gasteiger partial charge in [-0.25, -0.2) is 0 Å². The minimum Gasteiger partial charge on any atom is -0.399 e. The van der Waals surface area contributed by atoms with Gasteiger partial charge in [0.2, 0.25) is 0 Å². The van der Waals surface area contributed by atoms with Crippen molar-refractivity contribution >= 4 is 23.2 Å². The van der Waals surface area contributed by atoms with Gasteiger partial charge in [-0.15, -0.1) is 0 Å². The number of carbonyl (C=O) groups excluding carboxylic acids is 1. The molecule has 2 N–H and O–H groups in total. The van der Waals surface area contributed by atoms with Crippen LogP contribution in [-0.2, 0) is 0 Å². The van der Waals surface area contributed by atoms with Crippen LogP contribution in [0.25, 0.3) is 0 Å². The van der Waals surface area contributed by atoms with Gasteiger partial charge in [0, 0.05) is 29.4 Å². The van der Waals surface area contributed by atoms with E-state index in [2.05, 4.69) is 6.92 Å². The van der Waals surface area contributed by atoms with E-state index >= 15 is 0 Å². The molecule has 0 heterocycles. The van der Waals surface area contributed by atoms with E-state index in [9.17, 15) is 4.79 Å². The molecule has 1 saturated carbocycles. The number of anilines is 1. The average molecular weight is 267 g/mol. The second kappa shape index (κ2) is 5.61. The molecule has 0 aliphatic heterocycles. The minimum atomic E-state index is 0.0398. The van der Waals surface area contributed by atoms with Crippen molar-refractivity contribution in [2.24, 2.45) is 5.92 Å². The van der Waals surface area contributed by atoms with E-state index in [0.29, 0.717) is 22.2 Å².